The van der Waals surface area contributed by atoms with E-state index < -0.39 is 0 Å². The maximum Gasteiger partial charge on any atom is 0.312 e. The van der Waals surface area contributed by atoms with Crippen LogP contribution < -0.4 is 0 Å². The van der Waals surface area contributed by atoms with Crippen LogP contribution in [-0.2, 0) is 27.8 Å². The van der Waals surface area contributed by atoms with Crippen LogP contribution in [0.25, 0.3) is 11.3 Å². The smallest absolute Gasteiger partial charge is 0.312 e. The van der Waals surface area contributed by atoms with E-state index in [1.54, 1.807) is 11.3 Å². The highest BCUT2D eigenvalue weighted by Crippen LogP contribution is 2.44. The number of esters is 1. The highest BCUT2D eigenvalue weighted by molar-refractivity contribution is 7.12. The number of hydrogen-bond donors (Lipinski definition) is 0. The highest BCUT2D eigenvalue weighted by atomic mass is 32.1. The number of carbonyl (C=O) groups is 1. The Labute approximate surface area is 122 Å². The molecule has 0 bridgehead atoms. The summed E-state index contributed by atoms with van der Waals surface area (Å²) in [5, 5.41) is 0.842. The minimum absolute atomic E-state index is 0.110. The van der Waals surface area contributed by atoms with Gasteiger partial charge in [0.2, 0.25) is 0 Å². The van der Waals surface area contributed by atoms with E-state index in [1.165, 1.54) is 23.1 Å². The maximum atomic E-state index is 11.4. The zero-order valence-electron chi connectivity index (χ0n) is 11.9. The Bertz CT molecular complexity index is 673. The molecule has 20 heavy (non-hydrogen) atoms. The quantitative estimate of drug-likeness (QED) is 0.795. The fraction of sp³-hybridized carbons (Fsp3) is 0.375. The number of methoxy groups -OCH3 is 1. The van der Waals surface area contributed by atoms with Gasteiger partial charge in [-0.05, 0) is 17.4 Å². The second kappa shape index (κ2) is 4.70. The highest BCUT2D eigenvalue weighted by Gasteiger charge is 2.33. The van der Waals surface area contributed by atoms with Gasteiger partial charge in [-0.1, -0.05) is 38.1 Å². The lowest BCUT2D eigenvalue weighted by atomic mass is 9.74. The van der Waals surface area contributed by atoms with Crippen LogP contribution in [0.15, 0.2) is 24.3 Å². The van der Waals surface area contributed by atoms with E-state index in [4.69, 9.17) is 4.74 Å². The molecule has 3 nitrogen and oxygen atoms in total. The van der Waals surface area contributed by atoms with Crippen LogP contribution in [0.2, 0.25) is 0 Å². The second-order valence-corrected chi connectivity index (χ2v) is 6.91. The number of thiazole rings is 1. The molecular formula is C16H17NO2S. The zero-order chi connectivity index (χ0) is 14.3. The first-order valence-electron chi connectivity index (χ1n) is 6.66. The van der Waals surface area contributed by atoms with E-state index in [-0.39, 0.29) is 17.8 Å². The van der Waals surface area contributed by atoms with E-state index in [0.717, 1.165) is 17.1 Å². The first kappa shape index (κ1) is 13.3. The van der Waals surface area contributed by atoms with Gasteiger partial charge in [-0.25, -0.2) is 4.98 Å². The monoisotopic (exact) mass is 287 g/mol. The molecule has 104 valence electrons. The molecule has 0 amide bonds. The Hall–Kier alpha value is -1.68. The van der Waals surface area contributed by atoms with Gasteiger partial charge in [0, 0.05) is 10.4 Å². The summed E-state index contributed by atoms with van der Waals surface area (Å²) in [6.45, 7) is 4.52. The SMILES string of the molecule is COC(=O)Cc1nc2c(s1)CC(C)(C)c1ccccc1-2. The summed E-state index contributed by atoms with van der Waals surface area (Å²) in [5.41, 5.74) is 3.69. The van der Waals surface area contributed by atoms with Crippen LogP contribution in [0.4, 0.5) is 0 Å². The number of nitrogens with zero attached hydrogens (tertiary/aromatic N) is 1. The van der Waals surface area contributed by atoms with Crippen molar-refractivity contribution in [1.29, 1.82) is 0 Å². The Kier molecular flexibility index (Phi) is 3.13. The molecule has 3 rings (SSSR count). The topological polar surface area (TPSA) is 39.2 Å². The Morgan fingerprint density at radius 2 is 2.15 bits per heavy atom. The van der Waals surface area contributed by atoms with Gasteiger partial charge in [0.1, 0.15) is 5.01 Å². The van der Waals surface area contributed by atoms with Crippen LogP contribution in [0.5, 0.6) is 0 Å². The van der Waals surface area contributed by atoms with Gasteiger partial charge >= 0.3 is 5.97 Å². The van der Waals surface area contributed by atoms with E-state index in [2.05, 4.69) is 37.0 Å². The lowest BCUT2D eigenvalue weighted by molar-refractivity contribution is -0.139. The van der Waals surface area contributed by atoms with Gasteiger partial charge < -0.3 is 4.74 Å². The number of fused-ring (bicyclic) bond motifs is 3. The largest absolute Gasteiger partial charge is 0.469 e. The molecule has 0 N–H and O–H groups in total. The van der Waals surface area contributed by atoms with Gasteiger partial charge in [-0.3, -0.25) is 4.79 Å². The van der Waals surface area contributed by atoms with Crippen molar-refractivity contribution in [3.8, 4) is 11.3 Å². The summed E-state index contributed by atoms with van der Waals surface area (Å²) in [7, 11) is 1.41. The Morgan fingerprint density at radius 1 is 1.40 bits per heavy atom. The lowest BCUT2D eigenvalue weighted by Gasteiger charge is -2.31. The molecule has 0 atom stereocenters. The van der Waals surface area contributed by atoms with E-state index in [1.807, 2.05) is 6.07 Å². The lowest BCUT2D eigenvalue weighted by Crippen LogP contribution is -2.24. The molecule has 1 heterocycles. The van der Waals surface area contributed by atoms with Gasteiger partial charge in [0.15, 0.2) is 0 Å². The molecule has 1 aliphatic carbocycles. The standard InChI is InChI=1S/C16H17NO2S/c1-16(2)9-12-15(10-6-4-5-7-11(10)16)17-13(20-12)8-14(18)19-3/h4-7H,8-9H2,1-3H3. The summed E-state index contributed by atoms with van der Waals surface area (Å²) >= 11 is 1.63. The van der Waals surface area contributed by atoms with Crippen LogP contribution in [-0.4, -0.2) is 18.1 Å². The molecule has 0 spiro atoms. The second-order valence-electron chi connectivity index (χ2n) is 5.74. The summed E-state index contributed by atoms with van der Waals surface area (Å²) in [4.78, 5) is 17.3. The summed E-state index contributed by atoms with van der Waals surface area (Å²) in [6.07, 6.45) is 1.23. The molecule has 0 fully saturated rings. The predicted molar refractivity (Wildman–Crippen MR) is 80.0 cm³/mol. The number of ether oxygens (including phenoxy) is 1. The summed E-state index contributed by atoms with van der Waals surface area (Å²) in [5.74, 6) is -0.233. The van der Waals surface area contributed by atoms with Gasteiger partial charge in [-0.15, -0.1) is 11.3 Å². The van der Waals surface area contributed by atoms with Crippen molar-refractivity contribution in [2.45, 2.75) is 32.1 Å². The zero-order valence-corrected chi connectivity index (χ0v) is 12.7. The maximum absolute atomic E-state index is 11.4. The van der Waals surface area contributed by atoms with E-state index in [9.17, 15) is 4.79 Å². The number of aromatic nitrogens is 1. The van der Waals surface area contributed by atoms with Crippen molar-refractivity contribution >= 4 is 17.3 Å². The Morgan fingerprint density at radius 3 is 2.90 bits per heavy atom. The van der Waals surface area contributed by atoms with Gasteiger partial charge in [0.05, 0.1) is 19.2 Å². The average molecular weight is 287 g/mol. The predicted octanol–water partition coefficient (Wildman–Crippen LogP) is 3.36. The normalized spacial score (nSPS) is 15.3. The van der Waals surface area contributed by atoms with Crippen molar-refractivity contribution in [3.05, 3.63) is 39.7 Å². The molecular weight excluding hydrogens is 270 g/mol. The van der Waals surface area contributed by atoms with E-state index in [0.29, 0.717) is 0 Å². The third kappa shape index (κ3) is 2.14. The minimum Gasteiger partial charge on any atom is -0.469 e. The first-order chi connectivity index (χ1) is 9.51. The van der Waals surface area contributed by atoms with Gasteiger partial charge in [0.25, 0.3) is 0 Å². The molecule has 0 unspecified atom stereocenters. The van der Waals surface area contributed by atoms with Crippen molar-refractivity contribution in [3.63, 3.8) is 0 Å². The van der Waals surface area contributed by atoms with Crippen LogP contribution in [0.3, 0.4) is 0 Å². The van der Waals surface area contributed by atoms with Crippen LogP contribution in [0, 0.1) is 0 Å². The van der Waals surface area contributed by atoms with Gasteiger partial charge in [-0.2, -0.15) is 0 Å². The molecule has 0 radical (unpaired) electrons. The molecule has 0 aliphatic heterocycles. The number of benzene rings is 1. The average Bonchev–Trinajstić information content (AvgIpc) is 2.80. The third-order valence-corrected chi connectivity index (χ3v) is 4.83. The molecule has 1 aromatic heterocycles. The molecule has 0 saturated carbocycles. The third-order valence-electron chi connectivity index (χ3n) is 3.78. The molecule has 1 aromatic carbocycles. The first-order valence-corrected chi connectivity index (χ1v) is 7.48. The van der Waals surface area contributed by atoms with Crippen molar-refractivity contribution in [2.75, 3.05) is 7.11 Å². The molecule has 2 aromatic rings. The molecule has 0 saturated heterocycles. The van der Waals surface area contributed by atoms with Crippen LogP contribution >= 0.6 is 11.3 Å². The minimum atomic E-state index is -0.233. The van der Waals surface area contributed by atoms with Crippen molar-refractivity contribution in [2.24, 2.45) is 0 Å². The van der Waals surface area contributed by atoms with Crippen molar-refractivity contribution in [1.82, 2.24) is 4.98 Å². The summed E-state index contributed by atoms with van der Waals surface area (Å²) < 4.78 is 4.72. The van der Waals surface area contributed by atoms with Crippen molar-refractivity contribution < 1.29 is 9.53 Å². The van der Waals surface area contributed by atoms with E-state index >= 15 is 0 Å². The molecule has 4 heteroatoms. The Balaban J connectivity index is 2.07. The fourth-order valence-corrected chi connectivity index (χ4v) is 4.07. The van der Waals surface area contributed by atoms with Crippen LogP contribution in [0.1, 0.15) is 29.3 Å². The number of carbonyl (C=O) groups excluding carboxylic acids is 1. The number of rotatable bonds is 2. The number of hydrogen-bond acceptors (Lipinski definition) is 4. The fourth-order valence-electron chi connectivity index (χ4n) is 2.78. The summed E-state index contributed by atoms with van der Waals surface area (Å²) in [6, 6.07) is 8.42. The molecule has 1 aliphatic rings.